The summed E-state index contributed by atoms with van der Waals surface area (Å²) >= 11 is 0. The van der Waals surface area contributed by atoms with E-state index in [1.54, 1.807) is 0 Å². The maximum absolute atomic E-state index is 10.3. The van der Waals surface area contributed by atoms with E-state index in [9.17, 15) is 4.79 Å². The van der Waals surface area contributed by atoms with E-state index in [2.05, 4.69) is 10.0 Å². The highest BCUT2D eigenvalue weighted by molar-refractivity contribution is 5.75. The highest BCUT2D eigenvalue weighted by Gasteiger charge is 2.32. The molecule has 0 aliphatic rings. The van der Waals surface area contributed by atoms with E-state index in [0.29, 0.717) is 0 Å². The smallest absolute Gasteiger partial charge is 0.315 e. The number of rotatable bonds is 3. The second kappa shape index (κ2) is 3.23. The Kier molecular flexibility index (Phi) is 2.86. The monoisotopic (exact) mass is 159 g/mol. The third-order valence-corrected chi connectivity index (χ3v) is 1.07. The minimum absolute atomic E-state index is 1.26. The molecule has 0 saturated heterocycles. The van der Waals surface area contributed by atoms with Gasteiger partial charge in [0.25, 0.3) is 0 Å². The van der Waals surface area contributed by atoms with E-state index in [-0.39, 0.29) is 0 Å². The predicted octanol–water partition coefficient (Wildman–Crippen LogP) is 0.521. The third-order valence-electron chi connectivity index (χ3n) is 1.07. The fourth-order valence-corrected chi connectivity index (χ4v) is 0.544. The van der Waals surface area contributed by atoms with Gasteiger partial charge in [0, 0.05) is 4.91 Å². The normalized spacial score (nSPS) is 13.4. The average molecular weight is 159 g/mol. The Hall–Kier alpha value is -1.26. The van der Waals surface area contributed by atoms with Crippen LogP contribution >= 0.6 is 0 Å². The first-order chi connectivity index (χ1) is 4.89. The Morgan fingerprint density at radius 1 is 1.73 bits per heavy atom. The lowest BCUT2D eigenvalue weighted by Gasteiger charge is -2.20. The predicted molar refractivity (Wildman–Crippen MR) is 36.9 cm³/mol. The summed E-state index contributed by atoms with van der Waals surface area (Å²) in [6, 6.07) is -1.44. The number of carboxylic acid groups (broad SMARTS) is 1. The summed E-state index contributed by atoms with van der Waals surface area (Å²) in [5, 5.41) is 20.5. The van der Waals surface area contributed by atoms with Gasteiger partial charge in [-0.25, -0.2) is 0 Å². The van der Waals surface area contributed by atoms with Gasteiger partial charge >= 0.3 is 5.97 Å². The SMILES string of the molecule is CC(C)(O)[C@@H](N=[N+]=[N-])C(=O)O. The van der Waals surface area contributed by atoms with Crippen molar-refractivity contribution in [1.82, 2.24) is 0 Å². The van der Waals surface area contributed by atoms with Gasteiger partial charge in [0.1, 0.15) is 0 Å². The van der Waals surface area contributed by atoms with Gasteiger partial charge in [0.2, 0.25) is 0 Å². The van der Waals surface area contributed by atoms with Crippen LogP contribution in [0.5, 0.6) is 0 Å². The Morgan fingerprint density at radius 2 is 2.18 bits per heavy atom. The number of hydrogen-bond donors (Lipinski definition) is 2. The molecule has 0 amide bonds. The molecule has 0 bridgehead atoms. The van der Waals surface area contributed by atoms with Crippen LogP contribution in [-0.2, 0) is 4.79 Å². The highest BCUT2D eigenvalue weighted by atomic mass is 16.4. The van der Waals surface area contributed by atoms with Crippen LogP contribution in [0.15, 0.2) is 5.11 Å². The van der Waals surface area contributed by atoms with Crippen LogP contribution in [0.4, 0.5) is 0 Å². The standard InChI is InChI=1S/C5H9N3O3/c1-5(2,11)3(4(9)10)7-8-6/h3,11H,1-2H3,(H,9,10)/t3-/m0/s1. The summed E-state index contributed by atoms with van der Waals surface area (Å²) in [4.78, 5) is 12.6. The molecule has 0 spiro atoms. The fraction of sp³-hybridized carbons (Fsp3) is 0.800. The second-order valence-corrected chi connectivity index (χ2v) is 2.60. The molecular weight excluding hydrogens is 150 g/mol. The van der Waals surface area contributed by atoms with E-state index in [4.69, 9.17) is 15.7 Å². The van der Waals surface area contributed by atoms with Crippen molar-refractivity contribution in [2.24, 2.45) is 5.11 Å². The van der Waals surface area contributed by atoms with Gasteiger partial charge in [-0.1, -0.05) is 5.11 Å². The molecule has 0 saturated carbocycles. The number of carboxylic acids is 1. The van der Waals surface area contributed by atoms with Crippen LogP contribution in [0.2, 0.25) is 0 Å². The highest BCUT2D eigenvalue weighted by Crippen LogP contribution is 2.12. The van der Waals surface area contributed by atoms with Crippen molar-refractivity contribution in [2.75, 3.05) is 0 Å². The number of aliphatic carboxylic acids is 1. The maximum Gasteiger partial charge on any atom is 0.315 e. The van der Waals surface area contributed by atoms with Gasteiger partial charge in [-0.15, -0.1) is 0 Å². The first-order valence-electron chi connectivity index (χ1n) is 2.89. The number of hydrogen-bond acceptors (Lipinski definition) is 3. The molecule has 0 aromatic heterocycles. The lowest BCUT2D eigenvalue weighted by molar-refractivity contribution is -0.143. The molecule has 11 heavy (non-hydrogen) atoms. The van der Waals surface area contributed by atoms with Crippen molar-refractivity contribution >= 4 is 5.97 Å². The van der Waals surface area contributed by atoms with Gasteiger partial charge < -0.3 is 10.2 Å². The molecule has 6 nitrogen and oxygen atoms in total. The molecule has 62 valence electrons. The second-order valence-electron chi connectivity index (χ2n) is 2.60. The maximum atomic E-state index is 10.3. The van der Waals surface area contributed by atoms with Crippen molar-refractivity contribution in [3.8, 4) is 0 Å². The molecular formula is C5H9N3O3. The zero-order valence-corrected chi connectivity index (χ0v) is 6.22. The summed E-state index contributed by atoms with van der Waals surface area (Å²) in [6.45, 7) is 2.53. The number of aliphatic hydroxyl groups is 1. The molecule has 0 aromatic rings. The molecule has 6 heteroatoms. The molecule has 0 rings (SSSR count). The van der Waals surface area contributed by atoms with Crippen LogP contribution in [0, 0.1) is 0 Å². The first kappa shape index (κ1) is 9.74. The van der Waals surface area contributed by atoms with E-state index in [0.717, 1.165) is 0 Å². The molecule has 0 heterocycles. The Morgan fingerprint density at radius 3 is 2.27 bits per heavy atom. The Balaban J connectivity index is 4.61. The minimum atomic E-state index is -1.53. The molecule has 0 fully saturated rings. The van der Waals surface area contributed by atoms with Crippen molar-refractivity contribution in [3.05, 3.63) is 10.4 Å². The summed E-state index contributed by atoms with van der Waals surface area (Å²) < 4.78 is 0. The van der Waals surface area contributed by atoms with Gasteiger partial charge in [-0.2, -0.15) is 0 Å². The average Bonchev–Trinajstić information content (AvgIpc) is 1.79. The number of nitrogens with zero attached hydrogens (tertiary/aromatic N) is 3. The zero-order valence-electron chi connectivity index (χ0n) is 6.22. The lowest BCUT2D eigenvalue weighted by atomic mass is 10.0. The van der Waals surface area contributed by atoms with Crippen molar-refractivity contribution < 1.29 is 15.0 Å². The number of carbonyl (C=O) groups is 1. The van der Waals surface area contributed by atoms with Crippen LogP contribution < -0.4 is 0 Å². The molecule has 0 aromatic carbocycles. The summed E-state index contributed by atoms with van der Waals surface area (Å²) in [6.07, 6.45) is 0. The minimum Gasteiger partial charge on any atom is -0.481 e. The fourth-order valence-electron chi connectivity index (χ4n) is 0.544. The van der Waals surface area contributed by atoms with Crippen molar-refractivity contribution in [2.45, 2.75) is 25.5 Å². The molecule has 0 radical (unpaired) electrons. The van der Waals surface area contributed by atoms with Crippen LogP contribution in [0.25, 0.3) is 10.4 Å². The lowest BCUT2D eigenvalue weighted by Crippen LogP contribution is -2.40. The summed E-state index contributed by atoms with van der Waals surface area (Å²) in [7, 11) is 0. The topological polar surface area (TPSA) is 106 Å². The Bertz CT molecular complexity index is 200. The zero-order chi connectivity index (χ0) is 9.07. The van der Waals surface area contributed by atoms with Crippen molar-refractivity contribution in [3.63, 3.8) is 0 Å². The molecule has 0 aliphatic heterocycles. The van der Waals surface area contributed by atoms with Crippen LogP contribution in [0.3, 0.4) is 0 Å². The quantitative estimate of drug-likeness (QED) is 0.356. The Labute approximate surface area is 63.1 Å². The molecule has 2 N–H and O–H groups in total. The molecule has 0 aliphatic carbocycles. The van der Waals surface area contributed by atoms with Gasteiger partial charge in [-0.05, 0) is 19.4 Å². The first-order valence-corrected chi connectivity index (χ1v) is 2.89. The van der Waals surface area contributed by atoms with E-state index in [1.807, 2.05) is 0 Å². The van der Waals surface area contributed by atoms with Gasteiger partial charge in [0.05, 0.1) is 5.60 Å². The van der Waals surface area contributed by atoms with Crippen molar-refractivity contribution in [1.29, 1.82) is 0 Å². The molecule has 0 unspecified atom stereocenters. The largest absolute Gasteiger partial charge is 0.481 e. The third kappa shape index (κ3) is 2.88. The molecule has 1 atom stereocenters. The van der Waals surface area contributed by atoms with Crippen LogP contribution in [-0.4, -0.2) is 27.8 Å². The summed E-state index contributed by atoms with van der Waals surface area (Å²) in [5.74, 6) is -1.34. The number of azide groups is 1. The van der Waals surface area contributed by atoms with E-state index in [1.165, 1.54) is 13.8 Å². The van der Waals surface area contributed by atoms with Gasteiger partial charge in [0.15, 0.2) is 6.04 Å². The van der Waals surface area contributed by atoms with Gasteiger partial charge in [-0.3, -0.25) is 4.79 Å². The van der Waals surface area contributed by atoms with E-state index >= 15 is 0 Å². The van der Waals surface area contributed by atoms with Crippen LogP contribution in [0.1, 0.15) is 13.8 Å². The summed E-state index contributed by atoms with van der Waals surface area (Å²) in [5.41, 5.74) is 6.40. The van der Waals surface area contributed by atoms with E-state index < -0.39 is 17.6 Å².